The van der Waals surface area contributed by atoms with Crippen molar-refractivity contribution in [3.8, 4) is 23.0 Å². The lowest BCUT2D eigenvalue weighted by Crippen LogP contribution is -2.51. The van der Waals surface area contributed by atoms with Gasteiger partial charge in [-0.1, -0.05) is 45.9 Å². The normalized spacial score (nSPS) is 20.4. The fourth-order valence-electron chi connectivity index (χ4n) is 9.82. The van der Waals surface area contributed by atoms with Crippen LogP contribution in [-0.2, 0) is 11.2 Å². The van der Waals surface area contributed by atoms with Gasteiger partial charge in [-0.3, -0.25) is 14.7 Å². The number of ether oxygens (including phenoxy) is 1. The van der Waals surface area contributed by atoms with Crippen LogP contribution in [0.25, 0.3) is 32.9 Å². The number of phenols is 1. The molecule has 0 saturated carbocycles. The summed E-state index contributed by atoms with van der Waals surface area (Å²) >= 11 is 0. The van der Waals surface area contributed by atoms with E-state index in [1.54, 1.807) is 24.5 Å². The minimum atomic E-state index is -0.612. The molecule has 3 atom stereocenters. The second kappa shape index (κ2) is 17.3. The number of benzene rings is 2. The summed E-state index contributed by atoms with van der Waals surface area (Å²) in [6.07, 6.45) is 11.9. The zero-order valence-corrected chi connectivity index (χ0v) is 36.1. The van der Waals surface area contributed by atoms with E-state index < -0.39 is 23.2 Å². The second-order valence-electron chi connectivity index (χ2n) is 18.8. The first-order chi connectivity index (χ1) is 29.9. The highest BCUT2D eigenvalue weighted by Crippen LogP contribution is 2.39. The first-order valence-corrected chi connectivity index (χ1v) is 22.2. The molecule has 0 radical (unpaired) electrons. The Labute approximate surface area is 361 Å². The van der Waals surface area contributed by atoms with Crippen molar-refractivity contribution >= 4 is 45.5 Å². The number of aromatic hydroxyl groups is 1. The maximum Gasteiger partial charge on any atom is 0.319 e. The minimum absolute atomic E-state index is 0.0507. The number of carbonyl (C=O) groups excluding carboxylic acids is 2. The Hall–Kier alpha value is -5.54. The lowest BCUT2D eigenvalue weighted by atomic mass is 9.83. The van der Waals surface area contributed by atoms with Gasteiger partial charge in [0.25, 0.3) is 5.91 Å². The van der Waals surface area contributed by atoms with Crippen LogP contribution in [0.1, 0.15) is 75.9 Å². The molecule has 0 spiro atoms. The molecule has 0 aliphatic carbocycles. The Bertz CT molecular complexity index is 2440. The molecule has 5 aromatic rings. The Kier molecular flexibility index (Phi) is 11.7. The van der Waals surface area contributed by atoms with Gasteiger partial charge in [0.2, 0.25) is 0 Å². The second-order valence-corrected chi connectivity index (χ2v) is 18.8. The highest BCUT2D eigenvalue weighted by atomic mass is 19.1. The maximum absolute atomic E-state index is 17.0. The molecule has 4 saturated heterocycles. The van der Waals surface area contributed by atoms with E-state index in [1.165, 1.54) is 6.20 Å². The molecule has 4 aliphatic rings. The van der Waals surface area contributed by atoms with E-state index in [1.807, 2.05) is 39.0 Å². The number of hydrogen-bond donors (Lipinski definition) is 3. The molecule has 7 heterocycles. The zero-order valence-electron chi connectivity index (χ0n) is 36.1. The molecular weight excluding hydrogens is 788 g/mol. The summed E-state index contributed by atoms with van der Waals surface area (Å²) in [5, 5.41) is 19.4. The van der Waals surface area contributed by atoms with Crippen molar-refractivity contribution in [3.05, 3.63) is 66.0 Å². The van der Waals surface area contributed by atoms with Crippen LogP contribution in [0, 0.1) is 23.1 Å². The number of likely N-dealkylation sites (tertiary alicyclic amines) is 1. The van der Waals surface area contributed by atoms with Gasteiger partial charge in [0.1, 0.15) is 47.2 Å². The fourth-order valence-corrected chi connectivity index (χ4v) is 9.82. The van der Waals surface area contributed by atoms with Crippen LogP contribution < -0.4 is 25.2 Å². The highest BCUT2D eigenvalue weighted by molar-refractivity contribution is 6.01. The average molecular weight is 845 g/mol. The predicted octanol–water partition coefficient (Wildman–Crippen LogP) is 5.94. The standard InChI is InChI=1S/C47H57FN10O4/c1-5-30-7-6-8-31-18-34(60)19-35(40(30)31)42-41(48)43-36(20-51-42)44(58-25-32-9-10-33(26-58)52-32)55-46(54-43)62-16-15-56-13-11-28(12-14-56)17-29-23-57(24-29)39-22-49-37(21-50-39)45(61)53-38(27-59)47(2,3)4/h6-8,18-22,27-29,32-33,38,52,60H,5,9-17,23-26H2,1-4H3,(H,53,61)/t32?,33?,38-/m1/s1. The summed E-state index contributed by atoms with van der Waals surface area (Å²) < 4.78 is 23.3. The summed E-state index contributed by atoms with van der Waals surface area (Å²) in [6.45, 7) is 14.2. The third-order valence-electron chi connectivity index (χ3n) is 13.4. The van der Waals surface area contributed by atoms with Gasteiger partial charge in [-0.15, -0.1) is 0 Å². The molecule has 14 nitrogen and oxygen atoms in total. The maximum atomic E-state index is 17.0. The van der Waals surface area contributed by atoms with Gasteiger partial charge < -0.3 is 35.1 Å². The molecule has 62 heavy (non-hydrogen) atoms. The number of nitrogens with zero attached hydrogens (tertiary/aromatic N) is 8. The van der Waals surface area contributed by atoms with E-state index in [9.17, 15) is 14.7 Å². The number of carbonyl (C=O) groups is 2. The van der Waals surface area contributed by atoms with Gasteiger partial charge in [-0.2, -0.15) is 9.97 Å². The van der Waals surface area contributed by atoms with Crippen molar-refractivity contribution in [2.45, 2.75) is 84.3 Å². The Balaban J connectivity index is 0.820. The minimum Gasteiger partial charge on any atom is -0.508 e. The van der Waals surface area contributed by atoms with Gasteiger partial charge in [-0.05, 0) is 97.3 Å². The largest absolute Gasteiger partial charge is 0.508 e. The SMILES string of the molecule is CCc1cccc2cc(O)cc(-c3ncc4c(N5CC6CCC(C5)N6)nc(OCCN5CCC(CC6CN(c7cnc(C(=O)N[C@H](C=O)C(C)(C)C)cn7)C6)CC5)nc4c3F)c12. The number of piperidine rings is 1. The Morgan fingerprint density at radius 3 is 2.45 bits per heavy atom. The molecule has 9 rings (SSSR count). The average Bonchev–Trinajstić information content (AvgIpc) is 3.59. The van der Waals surface area contributed by atoms with E-state index >= 15 is 4.39 Å². The lowest BCUT2D eigenvalue weighted by molar-refractivity contribution is -0.111. The molecule has 3 aromatic heterocycles. The van der Waals surface area contributed by atoms with Crippen molar-refractivity contribution < 1.29 is 23.8 Å². The third-order valence-corrected chi connectivity index (χ3v) is 13.4. The molecular formula is C47H57FN10O4. The number of anilines is 2. The number of aldehydes is 1. The van der Waals surface area contributed by atoms with Gasteiger partial charge in [0, 0.05) is 56.6 Å². The van der Waals surface area contributed by atoms with Crippen LogP contribution in [0.3, 0.4) is 0 Å². The molecule has 4 aliphatic heterocycles. The molecule has 3 N–H and O–H groups in total. The van der Waals surface area contributed by atoms with Crippen LogP contribution in [-0.4, -0.2) is 118 Å². The highest BCUT2D eigenvalue weighted by Gasteiger charge is 2.35. The van der Waals surface area contributed by atoms with E-state index in [0.29, 0.717) is 47.3 Å². The van der Waals surface area contributed by atoms with E-state index in [2.05, 4.69) is 42.2 Å². The molecule has 2 aromatic carbocycles. The van der Waals surface area contributed by atoms with Crippen LogP contribution in [0.4, 0.5) is 16.0 Å². The number of aromatic nitrogens is 5. The summed E-state index contributed by atoms with van der Waals surface area (Å²) in [4.78, 5) is 54.2. The number of aryl methyl sites for hydroxylation is 1. The number of nitrogens with one attached hydrogen (secondary N) is 2. The molecule has 326 valence electrons. The predicted molar refractivity (Wildman–Crippen MR) is 237 cm³/mol. The number of rotatable bonds is 13. The smallest absolute Gasteiger partial charge is 0.319 e. The number of piperazine rings is 1. The molecule has 15 heteroatoms. The van der Waals surface area contributed by atoms with Gasteiger partial charge >= 0.3 is 6.01 Å². The van der Waals surface area contributed by atoms with Crippen molar-refractivity contribution in [1.29, 1.82) is 0 Å². The first-order valence-electron chi connectivity index (χ1n) is 22.2. The third kappa shape index (κ3) is 8.61. The van der Waals surface area contributed by atoms with Crippen LogP contribution in [0.5, 0.6) is 11.8 Å². The monoisotopic (exact) mass is 844 g/mol. The summed E-state index contributed by atoms with van der Waals surface area (Å²) in [5.74, 6) is 1.72. The molecule has 2 unspecified atom stereocenters. The Morgan fingerprint density at radius 1 is 0.984 bits per heavy atom. The van der Waals surface area contributed by atoms with Crippen LogP contribution >= 0.6 is 0 Å². The molecule has 4 fully saturated rings. The van der Waals surface area contributed by atoms with Crippen LogP contribution in [0.15, 0.2) is 48.9 Å². The number of fused-ring (bicyclic) bond motifs is 4. The zero-order chi connectivity index (χ0) is 43.1. The number of amides is 1. The lowest BCUT2D eigenvalue weighted by Gasteiger charge is -2.42. The van der Waals surface area contributed by atoms with E-state index in [4.69, 9.17) is 19.7 Å². The van der Waals surface area contributed by atoms with Crippen molar-refractivity contribution in [2.24, 2.45) is 17.3 Å². The van der Waals surface area contributed by atoms with Gasteiger partial charge in [0.05, 0.1) is 23.8 Å². The van der Waals surface area contributed by atoms with Crippen LogP contribution in [0.2, 0.25) is 0 Å². The number of phenolic OH excluding ortho intramolecular Hbond substituents is 1. The summed E-state index contributed by atoms with van der Waals surface area (Å²) in [6, 6.07) is 9.46. The number of halogens is 1. The number of hydrogen-bond acceptors (Lipinski definition) is 13. The van der Waals surface area contributed by atoms with E-state index in [-0.39, 0.29) is 28.7 Å². The van der Waals surface area contributed by atoms with Gasteiger partial charge in [-0.25, -0.2) is 14.4 Å². The summed E-state index contributed by atoms with van der Waals surface area (Å²) in [7, 11) is 0. The molecule has 1 amide bonds. The van der Waals surface area contributed by atoms with E-state index in [0.717, 1.165) is 113 Å². The Morgan fingerprint density at radius 2 is 1.76 bits per heavy atom. The van der Waals surface area contributed by atoms with Crippen molar-refractivity contribution in [2.75, 3.05) is 62.2 Å². The van der Waals surface area contributed by atoms with Crippen molar-refractivity contribution in [1.82, 2.24) is 40.5 Å². The number of pyridine rings is 1. The fraction of sp³-hybridized carbons (Fsp3) is 0.511. The first kappa shape index (κ1) is 41.8. The van der Waals surface area contributed by atoms with Gasteiger partial charge in [0.15, 0.2) is 5.82 Å². The van der Waals surface area contributed by atoms with Crippen molar-refractivity contribution in [3.63, 3.8) is 0 Å². The topological polar surface area (TPSA) is 162 Å². The quantitative estimate of drug-likeness (QED) is 0.120. The molecule has 2 bridgehead atoms. The summed E-state index contributed by atoms with van der Waals surface area (Å²) in [5.41, 5.74) is 1.69.